The number of piperidine rings is 2. The Kier molecular flexibility index (Phi) is 6.62. The van der Waals surface area contributed by atoms with Crippen LogP contribution >= 0.6 is 11.3 Å². The van der Waals surface area contributed by atoms with Crippen molar-refractivity contribution < 1.29 is 9.59 Å². The first-order chi connectivity index (χ1) is 14.2. The summed E-state index contributed by atoms with van der Waals surface area (Å²) in [5.41, 5.74) is 1.33. The van der Waals surface area contributed by atoms with Gasteiger partial charge in [0, 0.05) is 32.2 Å². The molecule has 6 heteroatoms. The summed E-state index contributed by atoms with van der Waals surface area (Å²) in [5, 5.41) is 5.16. The van der Waals surface area contributed by atoms with E-state index in [2.05, 4.69) is 34.5 Å². The van der Waals surface area contributed by atoms with E-state index < -0.39 is 0 Å². The van der Waals surface area contributed by atoms with Crippen LogP contribution in [0.4, 0.5) is 0 Å². The van der Waals surface area contributed by atoms with Gasteiger partial charge in [-0.25, -0.2) is 0 Å². The van der Waals surface area contributed by atoms with E-state index in [4.69, 9.17) is 0 Å². The summed E-state index contributed by atoms with van der Waals surface area (Å²) in [5.74, 6) is 0.0219. The second-order valence-corrected chi connectivity index (χ2v) is 8.98. The minimum absolute atomic E-state index is 0.00229. The van der Waals surface area contributed by atoms with Crippen LogP contribution in [0.5, 0.6) is 0 Å². The standard InChI is InChI=1S/C23H29N3O2S/c27-22(20-9-4-5-13-26(20)23(28)21-10-6-16-29-21)24-19-11-14-25(15-12-19)17-18-7-2-1-3-8-18/h1-3,6-8,10,16,19-20H,4-5,9,11-15,17H2,(H,24,27). The molecule has 1 aromatic heterocycles. The Morgan fingerprint density at radius 3 is 2.48 bits per heavy atom. The van der Waals surface area contributed by atoms with E-state index in [9.17, 15) is 9.59 Å². The topological polar surface area (TPSA) is 52.7 Å². The fourth-order valence-corrected chi connectivity index (χ4v) is 5.04. The van der Waals surface area contributed by atoms with Crippen LogP contribution in [0.3, 0.4) is 0 Å². The third kappa shape index (κ3) is 5.06. The highest BCUT2D eigenvalue weighted by Gasteiger charge is 2.34. The average Bonchev–Trinajstić information content (AvgIpc) is 3.30. The van der Waals surface area contributed by atoms with Crippen molar-refractivity contribution in [2.75, 3.05) is 19.6 Å². The summed E-state index contributed by atoms with van der Waals surface area (Å²) in [7, 11) is 0. The van der Waals surface area contributed by atoms with Gasteiger partial charge < -0.3 is 10.2 Å². The van der Waals surface area contributed by atoms with E-state index >= 15 is 0 Å². The molecule has 2 aliphatic heterocycles. The minimum Gasteiger partial charge on any atom is -0.351 e. The van der Waals surface area contributed by atoms with Crippen molar-refractivity contribution in [2.24, 2.45) is 0 Å². The molecule has 2 fully saturated rings. The van der Waals surface area contributed by atoms with Crippen molar-refractivity contribution in [3.63, 3.8) is 0 Å². The fourth-order valence-electron chi connectivity index (χ4n) is 4.36. The van der Waals surface area contributed by atoms with Crippen LogP contribution in [-0.4, -0.2) is 53.3 Å². The number of amides is 2. The lowest BCUT2D eigenvalue weighted by Crippen LogP contribution is -2.55. The monoisotopic (exact) mass is 411 g/mol. The summed E-state index contributed by atoms with van der Waals surface area (Å²) >= 11 is 1.45. The lowest BCUT2D eigenvalue weighted by atomic mass is 9.99. The molecule has 2 amide bonds. The van der Waals surface area contributed by atoms with Crippen LogP contribution < -0.4 is 5.32 Å². The number of hydrogen-bond donors (Lipinski definition) is 1. The van der Waals surface area contributed by atoms with Crippen LogP contribution in [0.2, 0.25) is 0 Å². The number of hydrogen-bond acceptors (Lipinski definition) is 4. The van der Waals surface area contributed by atoms with E-state index in [1.807, 2.05) is 23.6 Å². The van der Waals surface area contributed by atoms with Crippen LogP contribution in [-0.2, 0) is 11.3 Å². The van der Waals surface area contributed by atoms with E-state index in [-0.39, 0.29) is 23.9 Å². The smallest absolute Gasteiger partial charge is 0.264 e. The molecule has 0 radical (unpaired) electrons. The third-order valence-corrected chi connectivity index (χ3v) is 6.84. The van der Waals surface area contributed by atoms with Crippen molar-refractivity contribution in [3.8, 4) is 0 Å². The van der Waals surface area contributed by atoms with Gasteiger partial charge in [0.25, 0.3) is 5.91 Å². The van der Waals surface area contributed by atoms with E-state index in [1.165, 1.54) is 16.9 Å². The van der Waals surface area contributed by atoms with Gasteiger partial charge in [0.2, 0.25) is 5.91 Å². The second-order valence-electron chi connectivity index (χ2n) is 8.03. The Morgan fingerprint density at radius 1 is 0.966 bits per heavy atom. The van der Waals surface area contributed by atoms with Gasteiger partial charge >= 0.3 is 0 Å². The first-order valence-electron chi connectivity index (χ1n) is 10.6. The first-order valence-corrected chi connectivity index (χ1v) is 11.5. The lowest BCUT2D eigenvalue weighted by Gasteiger charge is -2.37. The van der Waals surface area contributed by atoms with Crippen LogP contribution in [0.15, 0.2) is 47.8 Å². The molecule has 0 saturated carbocycles. The van der Waals surface area contributed by atoms with Crippen molar-refractivity contribution in [2.45, 2.75) is 50.7 Å². The maximum absolute atomic E-state index is 13.0. The minimum atomic E-state index is -0.333. The highest BCUT2D eigenvalue weighted by atomic mass is 32.1. The van der Waals surface area contributed by atoms with Gasteiger partial charge in [-0.15, -0.1) is 11.3 Å². The van der Waals surface area contributed by atoms with Gasteiger partial charge in [0.15, 0.2) is 0 Å². The van der Waals surface area contributed by atoms with Gasteiger partial charge in [-0.3, -0.25) is 14.5 Å². The number of carbonyl (C=O) groups is 2. The summed E-state index contributed by atoms with van der Waals surface area (Å²) in [6.45, 7) is 3.61. The molecule has 0 aliphatic carbocycles. The van der Waals surface area contributed by atoms with Crippen LogP contribution in [0.25, 0.3) is 0 Å². The number of carbonyl (C=O) groups excluding carboxylic acids is 2. The Balaban J connectivity index is 1.30. The zero-order chi connectivity index (χ0) is 20.1. The zero-order valence-corrected chi connectivity index (χ0v) is 17.6. The SMILES string of the molecule is O=C(NC1CCN(Cc2ccccc2)CC1)C1CCCCN1C(=O)c1cccs1. The Bertz CT molecular complexity index is 801. The van der Waals surface area contributed by atoms with E-state index in [0.717, 1.165) is 56.6 Å². The maximum atomic E-state index is 13.0. The molecule has 0 bridgehead atoms. The molecule has 1 aromatic carbocycles. The number of nitrogens with one attached hydrogen (secondary N) is 1. The number of likely N-dealkylation sites (tertiary alicyclic amines) is 2. The number of nitrogens with zero attached hydrogens (tertiary/aromatic N) is 2. The Morgan fingerprint density at radius 2 is 1.76 bits per heavy atom. The Hall–Kier alpha value is -2.18. The molecule has 2 saturated heterocycles. The van der Waals surface area contributed by atoms with Crippen molar-refractivity contribution in [1.82, 2.24) is 15.1 Å². The molecule has 0 spiro atoms. The highest BCUT2D eigenvalue weighted by Crippen LogP contribution is 2.23. The molecular weight excluding hydrogens is 382 g/mol. The summed E-state index contributed by atoms with van der Waals surface area (Å²) in [6.07, 6.45) is 4.66. The van der Waals surface area contributed by atoms with Crippen molar-refractivity contribution in [3.05, 3.63) is 58.3 Å². The first kappa shape index (κ1) is 20.1. The molecular formula is C23H29N3O2S. The predicted molar refractivity (Wildman–Crippen MR) is 116 cm³/mol. The lowest BCUT2D eigenvalue weighted by molar-refractivity contribution is -0.127. The number of thiophene rings is 1. The molecule has 154 valence electrons. The molecule has 1 atom stereocenters. The van der Waals surface area contributed by atoms with Crippen LogP contribution in [0, 0.1) is 0 Å². The van der Waals surface area contributed by atoms with Gasteiger partial charge in [-0.05, 0) is 49.1 Å². The molecule has 4 rings (SSSR count). The summed E-state index contributed by atoms with van der Waals surface area (Å²) in [4.78, 5) is 30.8. The normalized spacial score (nSPS) is 21.1. The number of rotatable bonds is 5. The molecule has 1 unspecified atom stereocenters. The third-order valence-electron chi connectivity index (χ3n) is 5.98. The predicted octanol–water partition coefficient (Wildman–Crippen LogP) is 3.52. The Labute approximate surface area is 176 Å². The average molecular weight is 412 g/mol. The zero-order valence-electron chi connectivity index (χ0n) is 16.8. The molecule has 2 aromatic rings. The fraction of sp³-hybridized carbons (Fsp3) is 0.478. The van der Waals surface area contributed by atoms with Gasteiger partial charge in [-0.2, -0.15) is 0 Å². The van der Waals surface area contributed by atoms with Crippen molar-refractivity contribution >= 4 is 23.2 Å². The van der Waals surface area contributed by atoms with Crippen molar-refractivity contribution in [1.29, 1.82) is 0 Å². The van der Waals surface area contributed by atoms with E-state index in [0.29, 0.717) is 6.54 Å². The number of benzene rings is 1. The summed E-state index contributed by atoms with van der Waals surface area (Å²) < 4.78 is 0. The summed E-state index contributed by atoms with van der Waals surface area (Å²) in [6, 6.07) is 14.1. The molecule has 1 N–H and O–H groups in total. The molecule has 29 heavy (non-hydrogen) atoms. The van der Waals surface area contributed by atoms with Gasteiger partial charge in [-0.1, -0.05) is 36.4 Å². The van der Waals surface area contributed by atoms with E-state index in [1.54, 1.807) is 4.90 Å². The second kappa shape index (κ2) is 9.55. The maximum Gasteiger partial charge on any atom is 0.264 e. The quantitative estimate of drug-likeness (QED) is 0.819. The molecule has 5 nitrogen and oxygen atoms in total. The van der Waals surface area contributed by atoms with Gasteiger partial charge in [0.05, 0.1) is 4.88 Å². The highest BCUT2D eigenvalue weighted by molar-refractivity contribution is 7.12. The van der Waals surface area contributed by atoms with Gasteiger partial charge in [0.1, 0.15) is 6.04 Å². The molecule has 2 aliphatic rings. The molecule has 3 heterocycles. The largest absolute Gasteiger partial charge is 0.351 e. The van der Waals surface area contributed by atoms with Crippen LogP contribution in [0.1, 0.15) is 47.3 Å².